The smallest absolute Gasteiger partial charge is 0.186 e. The highest BCUT2D eigenvalue weighted by atomic mass is 16.5. The first kappa shape index (κ1) is 22.6. The van der Waals surface area contributed by atoms with Crippen molar-refractivity contribution in [2.24, 2.45) is 0 Å². The van der Waals surface area contributed by atoms with Gasteiger partial charge in [-0.15, -0.1) is 0 Å². The van der Waals surface area contributed by atoms with Gasteiger partial charge in [0.1, 0.15) is 24.4 Å². The number of ketones is 2. The highest BCUT2D eigenvalue weighted by Crippen LogP contribution is 2.01. The Hall–Kier alpha value is -1.42. The van der Waals surface area contributed by atoms with E-state index in [0.717, 1.165) is 12.2 Å². The molecule has 0 aliphatic carbocycles. The number of carbonyl (C=O) groups excluding carboxylic acids is 2. The molecule has 0 saturated carbocycles. The molecule has 0 bridgehead atoms. The van der Waals surface area contributed by atoms with Gasteiger partial charge in [-0.25, -0.2) is 0 Å². The highest BCUT2D eigenvalue weighted by Gasteiger charge is 2.22. The van der Waals surface area contributed by atoms with Crippen molar-refractivity contribution in [3.63, 3.8) is 0 Å². The van der Waals surface area contributed by atoms with Crippen LogP contribution in [-0.4, -0.2) is 82.8 Å². The molecule has 0 heterocycles. The number of hydrogen-bond donors (Lipinski definition) is 4. The molecule has 4 unspecified atom stereocenters. The fourth-order valence-electron chi connectivity index (χ4n) is 1.62. The summed E-state index contributed by atoms with van der Waals surface area (Å²) in [6.45, 7) is 6.62. The molecule has 138 valence electrons. The lowest BCUT2D eigenvalue weighted by molar-refractivity contribution is -0.131. The molecular weight excluding hydrogens is 320 g/mol. The summed E-state index contributed by atoms with van der Waals surface area (Å²) in [5.41, 5.74) is 0. The van der Waals surface area contributed by atoms with E-state index in [1.807, 2.05) is 0 Å². The predicted molar refractivity (Wildman–Crippen MR) is 85.3 cm³/mol. The van der Waals surface area contributed by atoms with Crippen molar-refractivity contribution in [2.45, 2.75) is 37.3 Å². The summed E-state index contributed by atoms with van der Waals surface area (Å²) in [6, 6.07) is 0. The van der Waals surface area contributed by atoms with E-state index in [1.54, 1.807) is 0 Å². The Morgan fingerprint density at radius 3 is 1.42 bits per heavy atom. The van der Waals surface area contributed by atoms with Gasteiger partial charge in [-0.2, -0.15) is 0 Å². The van der Waals surface area contributed by atoms with E-state index >= 15 is 0 Å². The van der Waals surface area contributed by atoms with E-state index in [2.05, 4.69) is 13.2 Å². The molecule has 0 spiro atoms. The lowest BCUT2D eigenvalue weighted by Crippen LogP contribution is -2.36. The number of aliphatic hydroxyl groups is 4. The normalized spacial score (nSPS) is 16.0. The summed E-state index contributed by atoms with van der Waals surface area (Å²) in [6.07, 6.45) is -2.69. The second-order valence-electron chi connectivity index (χ2n) is 5.09. The molecule has 8 heteroatoms. The van der Waals surface area contributed by atoms with Crippen LogP contribution in [-0.2, 0) is 19.1 Å². The number of carbonyl (C=O) groups is 2. The quantitative estimate of drug-likeness (QED) is 0.214. The molecule has 4 atom stereocenters. The molecule has 0 aromatic heterocycles. The number of hydrogen-bond acceptors (Lipinski definition) is 8. The standard InChI is InChI=1S/C16H26O8/c1-3-11(17)15(21)13(19)9-23-7-5-6-8-24-10-14(20)16(22)12(18)4-2/h3-4,13-16,19-22H,1-2,5-10H2. The first-order valence-electron chi connectivity index (χ1n) is 7.55. The Labute approximate surface area is 141 Å². The maximum atomic E-state index is 11.1. The summed E-state index contributed by atoms with van der Waals surface area (Å²) in [4.78, 5) is 22.1. The van der Waals surface area contributed by atoms with E-state index < -0.39 is 36.0 Å². The fraction of sp³-hybridized carbons (Fsp3) is 0.625. The molecule has 0 aromatic rings. The first-order valence-corrected chi connectivity index (χ1v) is 7.55. The molecule has 0 saturated heterocycles. The molecule has 24 heavy (non-hydrogen) atoms. The highest BCUT2D eigenvalue weighted by molar-refractivity contribution is 5.93. The Morgan fingerprint density at radius 1 is 0.792 bits per heavy atom. The minimum Gasteiger partial charge on any atom is -0.388 e. The molecule has 0 aromatic carbocycles. The van der Waals surface area contributed by atoms with Gasteiger partial charge in [0.25, 0.3) is 0 Å². The Kier molecular flexibility index (Phi) is 12.2. The maximum absolute atomic E-state index is 11.1. The van der Waals surface area contributed by atoms with Crippen LogP contribution < -0.4 is 0 Å². The van der Waals surface area contributed by atoms with Crippen molar-refractivity contribution in [3.8, 4) is 0 Å². The lowest BCUT2D eigenvalue weighted by Gasteiger charge is -2.16. The summed E-state index contributed by atoms with van der Waals surface area (Å²) in [5.74, 6) is -1.34. The van der Waals surface area contributed by atoms with Crippen LogP contribution >= 0.6 is 0 Å². The average molecular weight is 346 g/mol. The molecule has 4 N–H and O–H groups in total. The van der Waals surface area contributed by atoms with Crippen LogP contribution in [0.2, 0.25) is 0 Å². The van der Waals surface area contributed by atoms with Gasteiger partial charge in [0, 0.05) is 13.2 Å². The van der Waals surface area contributed by atoms with Crippen molar-refractivity contribution >= 4 is 11.6 Å². The van der Waals surface area contributed by atoms with Gasteiger partial charge in [0.05, 0.1) is 13.2 Å². The van der Waals surface area contributed by atoms with Crippen LogP contribution in [0.25, 0.3) is 0 Å². The van der Waals surface area contributed by atoms with Crippen LogP contribution in [0.1, 0.15) is 12.8 Å². The second kappa shape index (κ2) is 12.9. The van der Waals surface area contributed by atoms with Crippen molar-refractivity contribution in [2.75, 3.05) is 26.4 Å². The van der Waals surface area contributed by atoms with Crippen molar-refractivity contribution < 1.29 is 39.5 Å². The minimum absolute atomic E-state index is 0.184. The lowest BCUT2D eigenvalue weighted by atomic mass is 10.1. The third-order valence-electron chi connectivity index (χ3n) is 3.12. The molecule has 0 amide bonds. The molecule has 0 aliphatic rings. The monoisotopic (exact) mass is 346 g/mol. The third kappa shape index (κ3) is 9.02. The van der Waals surface area contributed by atoms with Gasteiger partial charge in [-0.1, -0.05) is 13.2 Å². The van der Waals surface area contributed by atoms with Crippen LogP contribution in [0.5, 0.6) is 0 Å². The van der Waals surface area contributed by atoms with E-state index in [1.165, 1.54) is 0 Å². The van der Waals surface area contributed by atoms with Crippen molar-refractivity contribution in [1.29, 1.82) is 0 Å². The number of rotatable bonds is 15. The van der Waals surface area contributed by atoms with Crippen LogP contribution in [0.3, 0.4) is 0 Å². The first-order chi connectivity index (χ1) is 11.3. The number of ether oxygens (including phenoxy) is 2. The number of unbranched alkanes of at least 4 members (excludes halogenated alkanes) is 1. The topological polar surface area (TPSA) is 134 Å². The van der Waals surface area contributed by atoms with E-state index in [9.17, 15) is 30.0 Å². The zero-order valence-electron chi connectivity index (χ0n) is 13.5. The van der Waals surface area contributed by atoms with Gasteiger partial charge < -0.3 is 29.9 Å². The van der Waals surface area contributed by atoms with E-state index in [-0.39, 0.29) is 26.4 Å². The molecule has 0 rings (SSSR count). The van der Waals surface area contributed by atoms with Gasteiger partial charge in [-0.05, 0) is 25.0 Å². The second-order valence-corrected chi connectivity index (χ2v) is 5.09. The Balaban J connectivity index is 3.64. The molecule has 0 fully saturated rings. The van der Waals surface area contributed by atoms with E-state index in [4.69, 9.17) is 9.47 Å². The fourth-order valence-corrected chi connectivity index (χ4v) is 1.62. The minimum atomic E-state index is -1.54. The molecule has 0 radical (unpaired) electrons. The molecule has 0 aliphatic heterocycles. The predicted octanol–water partition coefficient (Wildman–Crippen LogP) is -1.25. The van der Waals surface area contributed by atoms with Gasteiger partial charge in [-0.3, -0.25) is 9.59 Å². The van der Waals surface area contributed by atoms with Crippen molar-refractivity contribution in [3.05, 3.63) is 25.3 Å². The van der Waals surface area contributed by atoms with Gasteiger partial charge in [0.15, 0.2) is 11.6 Å². The third-order valence-corrected chi connectivity index (χ3v) is 3.12. The Bertz CT molecular complexity index is 371. The maximum Gasteiger partial charge on any atom is 0.186 e. The summed E-state index contributed by atoms with van der Waals surface area (Å²) >= 11 is 0. The van der Waals surface area contributed by atoms with Crippen LogP contribution in [0.15, 0.2) is 25.3 Å². The zero-order valence-corrected chi connectivity index (χ0v) is 13.5. The van der Waals surface area contributed by atoms with Crippen LogP contribution in [0.4, 0.5) is 0 Å². The molecule has 8 nitrogen and oxygen atoms in total. The zero-order chi connectivity index (χ0) is 18.5. The average Bonchev–Trinajstić information content (AvgIpc) is 2.60. The number of aliphatic hydroxyl groups excluding tert-OH is 4. The van der Waals surface area contributed by atoms with Crippen LogP contribution in [0, 0.1) is 0 Å². The van der Waals surface area contributed by atoms with Gasteiger partial charge in [0.2, 0.25) is 0 Å². The SMILES string of the molecule is C=CC(=O)C(O)C(O)COCCCCOCC(O)C(O)C(=O)C=C. The Morgan fingerprint density at radius 2 is 1.12 bits per heavy atom. The summed E-state index contributed by atoms with van der Waals surface area (Å²) < 4.78 is 10.3. The van der Waals surface area contributed by atoms with Crippen molar-refractivity contribution in [1.82, 2.24) is 0 Å². The summed E-state index contributed by atoms with van der Waals surface area (Å²) in [7, 11) is 0. The molecular formula is C16H26O8. The summed E-state index contributed by atoms with van der Waals surface area (Å²) in [5, 5.41) is 37.7. The van der Waals surface area contributed by atoms with Gasteiger partial charge >= 0.3 is 0 Å². The largest absolute Gasteiger partial charge is 0.388 e. The van der Waals surface area contributed by atoms with E-state index in [0.29, 0.717) is 12.8 Å².